The molecule has 0 saturated carbocycles. The fraction of sp³-hybridized carbons (Fsp3) is 0.774. The maximum absolute atomic E-state index is 13.5. The van der Waals surface area contributed by atoms with Gasteiger partial charge in [-0.3, -0.25) is 20.5 Å². The van der Waals surface area contributed by atoms with Gasteiger partial charge in [0.2, 0.25) is 17.4 Å². The van der Waals surface area contributed by atoms with Gasteiger partial charge < -0.3 is 149 Å². The number of hydrogen-bond donors (Lipinski definition) is 14. The zero-order chi connectivity index (χ0) is 76.2. The highest BCUT2D eigenvalue weighted by Gasteiger charge is 2.51. The molecule has 11 atom stereocenters. The molecule has 0 bridgehead atoms. The summed E-state index contributed by atoms with van der Waals surface area (Å²) in [7, 11) is 4.18. The summed E-state index contributed by atoms with van der Waals surface area (Å²) in [5, 5.41) is 95.9. The van der Waals surface area contributed by atoms with Gasteiger partial charge in [0.1, 0.15) is 24.5 Å². The van der Waals surface area contributed by atoms with Gasteiger partial charge in [-0.05, 0) is 32.5 Å². The Kier molecular flexibility index (Phi) is 43.3. The Balaban J connectivity index is 1.16. The third-order valence-electron chi connectivity index (χ3n) is 15.7. The number of aliphatic carboxylic acids is 2. The Labute approximate surface area is 602 Å². The van der Waals surface area contributed by atoms with Crippen molar-refractivity contribution in [1.29, 1.82) is 10.8 Å². The highest BCUT2D eigenvalue weighted by atomic mass is 16.6. The van der Waals surface area contributed by atoms with Crippen molar-refractivity contribution in [3.8, 4) is 0 Å². The van der Waals surface area contributed by atoms with Crippen LogP contribution in [0.1, 0.15) is 32.4 Å². The number of nitrogens with zero attached hydrogens (tertiary/aromatic N) is 7. The number of nitrogens with one attached hydrogen (secondary N) is 6. The van der Waals surface area contributed by atoms with Crippen LogP contribution >= 0.6 is 0 Å². The number of ether oxygens (including phenoxy) is 15. The first-order chi connectivity index (χ1) is 50.0. The number of carbonyl (C=O) groups excluding carboxylic acids is 4. The van der Waals surface area contributed by atoms with E-state index in [0.29, 0.717) is 104 Å². The average Bonchev–Trinajstić information content (AvgIpc) is 1.51. The quantitative estimate of drug-likeness (QED) is 0.00954. The molecule has 0 radical (unpaired) electrons. The molecule has 1 aromatic rings. The molecule has 594 valence electrons. The highest BCUT2D eigenvalue weighted by molar-refractivity contribution is 5.86. The van der Waals surface area contributed by atoms with Crippen LogP contribution in [0.4, 0.5) is 14.4 Å². The second-order valence-corrected chi connectivity index (χ2v) is 23.7. The van der Waals surface area contributed by atoms with Crippen LogP contribution in [0.25, 0.3) is 0 Å². The molecular formula is C62H109N15O27. The summed E-state index contributed by atoms with van der Waals surface area (Å²) in [6.45, 7) is 7.84. The summed E-state index contributed by atoms with van der Waals surface area (Å²) in [5.74, 6) is -5.15. The largest absolute Gasteiger partial charge is 0.478 e. The number of carboxylic acid groups (broad SMARTS) is 2. The van der Waals surface area contributed by atoms with E-state index >= 15 is 0 Å². The van der Waals surface area contributed by atoms with Gasteiger partial charge in [0.15, 0.2) is 36.3 Å². The Morgan fingerprint density at radius 2 is 1.05 bits per heavy atom. The summed E-state index contributed by atoms with van der Waals surface area (Å²) < 4.78 is 85.9. The summed E-state index contributed by atoms with van der Waals surface area (Å²) in [6.07, 6.45) is -6.99. The number of amides is 4. The molecule has 42 nitrogen and oxygen atoms in total. The Hall–Kier alpha value is -7.66. The molecule has 3 aliphatic heterocycles. The van der Waals surface area contributed by atoms with Crippen molar-refractivity contribution in [3.05, 3.63) is 35.6 Å². The first kappa shape index (κ1) is 88.7. The molecule has 104 heavy (non-hydrogen) atoms. The van der Waals surface area contributed by atoms with Crippen molar-refractivity contribution in [1.82, 2.24) is 55.9 Å². The van der Waals surface area contributed by atoms with E-state index in [0.717, 1.165) is 22.3 Å². The standard InChI is InChI=1S/C62H109N15O27/c1-6-41(2)68-49(82)7-15-90-21-23-94-25-26-95-24-22-93-20-14-77-37-42(71-72-77)40-99-32-31-97-28-27-96-29-30-98-33-34-100-62(89)76(12-18-91-16-10-73(4)60(87)103-52(45(80)38-78)54-50(67-3)43(69-58(63)64)35-47(101-54)56(83)84)13-19-92-17-11-74(5)61(88)104-53(46(81)39-79)55-51(75-8-9-75)44(70-59(65)66)36-48(102-55)57(85)86/h35-37,41,43-46,50-55,67,78-81H,6-34,38-40H2,1-5H3,(H,68,82)(H,83,84)(H,85,86)(H4,63,64,69)(H4,65,66,70)/t41?,43-,44-,45+,46+,50+,51+,52+,53+,54+,55+/m0/s1. The van der Waals surface area contributed by atoms with Gasteiger partial charge in [-0.1, -0.05) is 12.1 Å². The van der Waals surface area contributed by atoms with Crippen molar-refractivity contribution >= 4 is 48.0 Å². The van der Waals surface area contributed by atoms with Crippen molar-refractivity contribution < 1.29 is 130 Å². The molecule has 4 amide bonds. The first-order valence-corrected chi connectivity index (χ1v) is 34.2. The number of likely N-dealkylation sites (N-methyl/N-ethyl adjacent to an activating group) is 3. The van der Waals surface area contributed by atoms with Crippen LogP contribution in [0, 0.1) is 10.8 Å². The lowest BCUT2D eigenvalue weighted by Gasteiger charge is -2.42. The number of carboxylic acids is 2. The Morgan fingerprint density at radius 1 is 0.615 bits per heavy atom. The monoisotopic (exact) mass is 1500 g/mol. The van der Waals surface area contributed by atoms with Crippen LogP contribution in [-0.2, 0) is 98.6 Å². The van der Waals surface area contributed by atoms with E-state index < -0.39 is 128 Å². The van der Waals surface area contributed by atoms with Gasteiger partial charge in [0.25, 0.3) is 0 Å². The Bertz CT molecular complexity index is 2760. The minimum Gasteiger partial charge on any atom is -0.478 e. The number of rotatable bonds is 57. The van der Waals surface area contributed by atoms with Gasteiger partial charge in [0.05, 0.1) is 182 Å². The molecule has 3 aliphatic rings. The van der Waals surface area contributed by atoms with Crippen LogP contribution in [-0.4, -0.2) is 386 Å². The smallest absolute Gasteiger partial charge is 0.410 e. The predicted octanol–water partition coefficient (Wildman–Crippen LogP) is -5.02. The summed E-state index contributed by atoms with van der Waals surface area (Å²) in [5.41, 5.74) is 11.8. The van der Waals surface area contributed by atoms with Crippen LogP contribution < -0.4 is 32.7 Å². The first-order valence-electron chi connectivity index (χ1n) is 34.2. The van der Waals surface area contributed by atoms with Crippen LogP contribution in [0.15, 0.2) is 29.9 Å². The second kappa shape index (κ2) is 50.7. The molecule has 0 aromatic carbocycles. The highest BCUT2D eigenvalue weighted by Crippen LogP contribution is 2.32. The molecular weight excluding hydrogens is 1390 g/mol. The minimum atomic E-state index is -1.76. The molecule has 4 rings (SSSR count). The molecule has 0 spiro atoms. The molecule has 42 heteroatoms. The molecule has 1 unspecified atom stereocenters. The predicted molar refractivity (Wildman–Crippen MR) is 362 cm³/mol. The lowest BCUT2D eigenvalue weighted by atomic mass is 9.92. The number of aromatic nitrogens is 3. The molecule has 16 N–H and O–H groups in total. The maximum atomic E-state index is 13.5. The van der Waals surface area contributed by atoms with Crippen molar-refractivity contribution in [2.75, 3.05) is 206 Å². The SMILES string of the molecule is CCC(C)NC(=O)CCOCCOCCOCCOCCn1cc(COCCOCCOCCOCCOC(=O)N(CCOCCN(C)C(=O)O[C@@H]([C@@H]2OC(C(=O)O)=C[C@H](NC(=N)N)[C@H]2NC)[C@H](O)CO)CCOCCN(C)C(=O)O[C@@H]([C@@H]2OC(C(=O)O)=C[C@H](NC(=N)N)[C@H]2N2CC2)[C@H](O)CO)nn1. The van der Waals surface area contributed by atoms with Gasteiger partial charge in [0, 0.05) is 65.8 Å². The third-order valence-corrected chi connectivity index (χ3v) is 15.7. The fourth-order valence-electron chi connectivity index (χ4n) is 9.93. The van der Waals surface area contributed by atoms with E-state index in [1.54, 1.807) is 10.9 Å². The number of nitrogens with two attached hydrogens (primary N) is 2. The minimum absolute atomic E-state index is 0.00682. The summed E-state index contributed by atoms with van der Waals surface area (Å²) in [4.78, 5) is 81.5. The number of hydrogen-bond acceptors (Lipinski definition) is 31. The van der Waals surface area contributed by atoms with Crippen molar-refractivity contribution in [2.45, 2.75) is 107 Å². The summed E-state index contributed by atoms with van der Waals surface area (Å²) >= 11 is 0. The Morgan fingerprint density at radius 3 is 1.52 bits per heavy atom. The lowest BCUT2D eigenvalue weighted by molar-refractivity contribution is -0.148. The molecule has 4 heterocycles. The molecule has 1 fully saturated rings. The topological polar surface area (TPSA) is 554 Å². The van der Waals surface area contributed by atoms with Crippen LogP contribution in [0.5, 0.6) is 0 Å². The second-order valence-electron chi connectivity index (χ2n) is 23.7. The zero-order valence-corrected chi connectivity index (χ0v) is 59.8. The van der Waals surface area contributed by atoms with E-state index in [1.807, 2.05) is 18.7 Å². The average molecular weight is 1500 g/mol. The van der Waals surface area contributed by atoms with Gasteiger partial charge in [-0.25, -0.2) is 28.7 Å². The zero-order valence-electron chi connectivity index (χ0n) is 59.8. The molecule has 1 saturated heterocycles. The van der Waals surface area contributed by atoms with Crippen LogP contribution in [0.2, 0.25) is 0 Å². The van der Waals surface area contributed by atoms with Crippen molar-refractivity contribution in [3.63, 3.8) is 0 Å². The van der Waals surface area contributed by atoms with E-state index in [4.69, 9.17) is 93.3 Å². The normalized spacial score (nSPS) is 19.3. The van der Waals surface area contributed by atoms with E-state index in [1.165, 1.54) is 32.1 Å². The van der Waals surface area contributed by atoms with E-state index in [-0.39, 0.29) is 104 Å². The molecule has 0 aliphatic carbocycles. The van der Waals surface area contributed by atoms with Crippen LogP contribution in [0.3, 0.4) is 0 Å². The number of aliphatic hydroxyl groups excluding tert-OH is 4. The lowest BCUT2D eigenvalue weighted by Crippen LogP contribution is -2.63. The van der Waals surface area contributed by atoms with Crippen molar-refractivity contribution in [2.24, 2.45) is 11.5 Å². The number of carbonyl (C=O) groups is 6. The van der Waals surface area contributed by atoms with Gasteiger partial charge >= 0.3 is 30.2 Å². The maximum Gasteiger partial charge on any atom is 0.410 e. The number of guanidine groups is 2. The number of aliphatic hydroxyl groups is 4. The van der Waals surface area contributed by atoms with E-state index in [2.05, 4.69) is 31.6 Å². The fourth-order valence-corrected chi connectivity index (χ4v) is 9.93. The molecule has 1 aromatic heterocycles. The van der Waals surface area contributed by atoms with Gasteiger partial charge in [-0.2, -0.15) is 0 Å². The van der Waals surface area contributed by atoms with Gasteiger partial charge in [-0.15, -0.1) is 5.10 Å². The third kappa shape index (κ3) is 34.5. The summed E-state index contributed by atoms with van der Waals surface area (Å²) in [6, 6.07) is -3.48. The van der Waals surface area contributed by atoms with E-state index in [9.17, 15) is 59.4 Å².